The summed E-state index contributed by atoms with van der Waals surface area (Å²) in [5.41, 5.74) is 3.50. The van der Waals surface area contributed by atoms with E-state index < -0.39 is 12.0 Å². The number of methoxy groups -OCH3 is 1. The van der Waals surface area contributed by atoms with Crippen molar-refractivity contribution in [1.29, 1.82) is 0 Å². The van der Waals surface area contributed by atoms with Crippen LogP contribution in [0.5, 0.6) is 5.75 Å². The van der Waals surface area contributed by atoms with Gasteiger partial charge in [0, 0.05) is 18.2 Å². The number of aliphatic carboxylic acids is 1. The molecule has 35 heavy (non-hydrogen) atoms. The number of carbonyl (C=O) groups excluding carboxylic acids is 2. The van der Waals surface area contributed by atoms with E-state index in [2.05, 4.69) is 10.6 Å². The molecule has 0 radical (unpaired) electrons. The van der Waals surface area contributed by atoms with Crippen molar-refractivity contribution in [2.24, 2.45) is 5.92 Å². The van der Waals surface area contributed by atoms with Crippen molar-refractivity contribution >= 4 is 29.3 Å². The summed E-state index contributed by atoms with van der Waals surface area (Å²) in [6.45, 7) is 2.50. The van der Waals surface area contributed by atoms with Crippen molar-refractivity contribution in [2.75, 3.05) is 24.3 Å². The maximum absolute atomic E-state index is 12.9. The molecule has 186 valence electrons. The van der Waals surface area contributed by atoms with Crippen molar-refractivity contribution < 1.29 is 24.2 Å². The summed E-state index contributed by atoms with van der Waals surface area (Å²) in [5, 5.41) is 15.1. The molecule has 2 aromatic rings. The second-order valence-electron chi connectivity index (χ2n) is 9.48. The van der Waals surface area contributed by atoms with E-state index in [1.165, 1.54) is 5.56 Å². The van der Waals surface area contributed by atoms with Crippen LogP contribution in [-0.4, -0.2) is 47.6 Å². The van der Waals surface area contributed by atoms with Crippen LogP contribution in [0.2, 0.25) is 0 Å². The second kappa shape index (κ2) is 10.8. The molecule has 4 rings (SSSR count). The number of nitrogens with zero attached hydrogens (tertiary/aromatic N) is 1. The Labute approximate surface area is 205 Å². The van der Waals surface area contributed by atoms with Crippen LogP contribution in [0.3, 0.4) is 0 Å². The first-order valence-corrected chi connectivity index (χ1v) is 12.2. The molecule has 0 bridgehead atoms. The lowest BCUT2D eigenvalue weighted by Crippen LogP contribution is -2.44. The number of likely N-dealkylation sites (tertiary alicyclic amines) is 1. The number of carbonyl (C=O) groups is 3. The van der Waals surface area contributed by atoms with Gasteiger partial charge in [-0.3, -0.25) is 4.79 Å². The van der Waals surface area contributed by atoms with Crippen molar-refractivity contribution in [3.8, 4) is 5.75 Å². The monoisotopic (exact) mass is 479 g/mol. The van der Waals surface area contributed by atoms with E-state index in [9.17, 15) is 19.5 Å². The summed E-state index contributed by atoms with van der Waals surface area (Å²) >= 11 is 0. The average molecular weight is 480 g/mol. The molecule has 2 aromatic carbocycles. The molecule has 8 heteroatoms. The lowest BCUT2D eigenvalue weighted by molar-refractivity contribution is -0.150. The molecule has 0 spiro atoms. The van der Waals surface area contributed by atoms with Gasteiger partial charge in [-0.2, -0.15) is 0 Å². The first kappa shape index (κ1) is 24.6. The number of carboxylic acids is 1. The minimum atomic E-state index is -0.898. The lowest BCUT2D eigenvalue weighted by atomic mass is 9.78. The largest absolute Gasteiger partial charge is 0.495 e. The van der Waals surface area contributed by atoms with Crippen molar-refractivity contribution in [1.82, 2.24) is 4.90 Å². The highest BCUT2D eigenvalue weighted by Crippen LogP contribution is 2.38. The molecule has 3 N–H and O–H groups in total. The Morgan fingerprint density at radius 3 is 2.34 bits per heavy atom. The van der Waals surface area contributed by atoms with Crippen LogP contribution in [0.25, 0.3) is 0 Å². The molecule has 1 heterocycles. The Balaban J connectivity index is 1.29. The molecule has 2 aliphatic rings. The Morgan fingerprint density at radius 1 is 0.971 bits per heavy atom. The summed E-state index contributed by atoms with van der Waals surface area (Å²) in [4.78, 5) is 38.4. The lowest BCUT2D eigenvalue weighted by Gasteiger charge is -2.32. The van der Waals surface area contributed by atoms with Gasteiger partial charge in [-0.25, -0.2) is 9.59 Å². The van der Waals surface area contributed by atoms with Gasteiger partial charge in [-0.05, 0) is 86.8 Å². The molecular weight excluding hydrogens is 446 g/mol. The van der Waals surface area contributed by atoms with E-state index in [0.717, 1.165) is 37.7 Å². The first-order valence-electron chi connectivity index (χ1n) is 12.2. The van der Waals surface area contributed by atoms with Crippen molar-refractivity contribution in [2.45, 2.75) is 57.4 Å². The number of hydrogen-bond acceptors (Lipinski definition) is 4. The highest BCUT2D eigenvalue weighted by atomic mass is 16.5. The van der Waals surface area contributed by atoms with Gasteiger partial charge in [0.25, 0.3) is 0 Å². The number of hydrogen-bond donors (Lipinski definition) is 3. The van der Waals surface area contributed by atoms with Gasteiger partial charge in [-0.1, -0.05) is 18.2 Å². The number of rotatable bonds is 6. The van der Waals surface area contributed by atoms with Gasteiger partial charge in [0.05, 0.1) is 12.8 Å². The minimum Gasteiger partial charge on any atom is -0.495 e. The SMILES string of the molecule is COc1ccc(C)cc1NC(=O)Nc1ccc(C2CCC(C(=O)N3CCC[C@@H]3C(=O)O)CC2)cc1. The van der Waals surface area contributed by atoms with Crippen LogP contribution >= 0.6 is 0 Å². The maximum atomic E-state index is 12.9. The number of carboxylic acid groups (broad SMARTS) is 1. The summed E-state index contributed by atoms with van der Waals surface area (Å²) in [5.74, 6) is -0.0331. The molecule has 0 aromatic heterocycles. The third-order valence-electron chi connectivity index (χ3n) is 7.14. The molecule has 3 amide bonds. The number of urea groups is 1. The Hall–Kier alpha value is -3.55. The summed E-state index contributed by atoms with van der Waals surface area (Å²) in [7, 11) is 1.56. The van der Waals surface area contributed by atoms with E-state index in [0.29, 0.717) is 36.0 Å². The van der Waals surface area contributed by atoms with Crippen LogP contribution in [0.15, 0.2) is 42.5 Å². The number of amides is 3. The van der Waals surface area contributed by atoms with Crippen LogP contribution in [0.4, 0.5) is 16.2 Å². The zero-order valence-electron chi connectivity index (χ0n) is 20.3. The van der Waals surface area contributed by atoms with E-state index in [-0.39, 0.29) is 17.9 Å². The summed E-state index contributed by atoms with van der Waals surface area (Å²) in [6.07, 6.45) is 4.63. The predicted molar refractivity (Wildman–Crippen MR) is 134 cm³/mol. The molecule has 1 aliphatic carbocycles. The fraction of sp³-hybridized carbons (Fsp3) is 0.444. The quantitative estimate of drug-likeness (QED) is 0.541. The van der Waals surface area contributed by atoms with E-state index in [1.54, 1.807) is 12.0 Å². The number of anilines is 2. The standard InChI is InChI=1S/C27H33N3O5/c1-17-5-14-24(35-2)22(16-17)29-27(34)28-21-12-10-19(11-13-21)18-6-8-20(9-7-18)25(31)30-15-3-4-23(30)26(32)33/h5,10-14,16,18,20,23H,3-4,6-9,15H2,1-2H3,(H,32,33)(H2,28,29,34)/t18?,20?,23-/m1/s1. The fourth-order valence-electron chi connectivity index (χ4n) is 5.24. The molecule has 1 saturated heterocycles. The molecule has 1 aliphatic heterocycles. The molecule has 1 saturated carbocycles. The molecular formula is C27H33N3O5. The Bertz CT molecular complexity index is 1080. The van der Waals surface area contributed by atoms with E-state index in [1.807, 2.05) is 49.4 Å². The van der Waals surface area contributed by atoms with E-state index in [4.69, 9.17) is 4.74 Å². The van der Waals surface area contributed by atoms with Crippen LogP contribution in [0.1, 0.15) is 55.6 Å². The number of aryl methyl sites for hydroxylation is 1. The predicted octanol–water partition coefficient (Wildman–Crippen LogP) is 5.00. The molecule has 1 atom stereocenters. The van der Waals surface area contributed by atoms with E-state index >= 15 is 0 Å². The van der Waals surface area contributed by atoms with Gasteiger partial charge in [0.15, 0.2) is 0 Å². The second-order valence-corrected chi connectivity index (χ2v) is 9.48. The van der Waals surface area contributed by atoms with Crippen molar-refractivity contribution in [3.63, 3.8) is 0 Å². The molecule has 0 unspecified atom stereocenters. The number of benzene rings is 2. The van der Waals surface area contributed by atoms with Gasteiger partial charge < -0.3 is 25.4 Å². The highest BCUT2D eigenvalue weighted by Gasteiger charge is 2.38. The van der Waals surface area contributed by atoms with Crippen LogP contribution in [0, 0.1) is 12.8 Å². The average Bonchev–Trinajstić information content (AvgIpc) is 3.35. The Morgan fingerprint density at radius 2 is 1.69 bits per heavy atom. The smallest absolute Gasteiger partial charge is 0.326 e. The van der Waals surface area contributed by atoms with Gasteiger partial charge in [0.2, 0.25) is 5.91 Å². The third kappa shape index (κ3) is 5.75. The fourth-order valence-corrected chi connectivity index (χ4v) is 5.24. The minimum absolute atomic E-state index is 0.00384. The van der Waals surface area contributed by atoms with Crippen LogP contribution in [-0.2, 0) is 9.59 Å². The third-order valence-corrected chi connectivity index (χ3v) is 7.14. The molecule has 2 fully saturated rings. The molecule has 8 nitrogen and oxygen atoms in total. The summed E-state index contributed by atoms with van der Waals surface area (Å²) < 4.78 is 5.31. The zero-order chi connectivity index (χ0) is 24.9. The maximum Gasteiger partial charge on any atom is 0.326 e. The Kier molecular flexibility index (Phi) is 7.58. The normalized spacial score (nSPS) is 21.9. The van der Waals surface area contributed by atoms with Crippen LogP contribution < -0.4 is 15.4 Å². The van der Waals surface area contributed by atoms with Crippen molar-refractivity contribution in [3.05, 3.63) is 53.6 Å². The summed E-state index contributed by atoms with van der Waals surface area (Å²) in [6, 6.07) is 12.4. The number of ether oxygens (including phenoxy) is 1. The topological polar surface area (TPSA) is 108 Å². The number of nitrogens with one attached hydrogen (secondary N) is 2. The van der Waals surface area contributed by atoms with Gasteiger partial charge in [0.1, 0.15) is 11.8 Å². The first-order chi connectivity index (χ1) is 16.9. The zero-order valence-corrected chi connectivity index (χ0v) is 20.3. The van der Waals surface area contributed by atoms with Gasteiger partial charge >= 0.3 is 12.0 Å². The highest BCUT2D eigenvalue weighted by molar-refractivity contribution is 6.00. The van der Waals surface area contributed by atoms with Gasteiger partial charge in [-0.15, -0.1) is 0 Å².